The molecular weight excluding hydrogens is 227 g/mol. The van der Waals surface area contributed by atoms with Crippen molar-refractivity contribution in [1.29, 1.82) is 0 Å². The number of hydrogen-bond acceptors (Lipinski definition) is 6. The van der Waals surface area contributed by atoms with Crippen LogP contribution < -0.4 is 10.8 Å². The Morgan fingerprint density at radius 2 is 1.91 bits per heavy atom. The predicted octanol–water partition coefficient (Wildman–Crippen LogP) is -3.39. The number of nitrogens with two attached hydrogens (primary N) is 1. The average Bonchev–Trinajstić information content (AvgIpc) is 1.60. The fraction of sp³-hybridized carbons (Fsp3) is 0.667. The first-order valence-corrected chi connectivity index (χ1v) is 3.80. The molecule has 0 unspecified atom stereocenters. The zero-order valence-electron chi connectivity index (χ0n) is 5.52. The van der Waals surface area contributed by atoms with E-state index in [0.717, 1.165) is 0 Å². The summed E-state index contributed by atoms with van der Waals surface area (Å²) in [6, 6.07) is -1.73. The third kappa shape index (κ3) is 7.86. The van der Waals surface area contributed by atoms with E-state index in [1.807, 2.05) is 0 Å². The zero-order chi connectivity index (χ0) is 8.36. The van der Waals surface area contributed by atoms with E-state index < -0.39 is 27.9 Å². The van der Waals surface area contributed by atoms with Gasteiger partial charge in [-0.2, -0.15) is 0 Å². The van der Waals surface area contributed by atoms with Crippen molar-refractivity contribution >= 4 is 16.1 Å². The molecule has 0 aromatic carbocycles. The molecule has 0 heterocycles. The molecular formula is C3H5NO5SZn. The number of carbonyl (C=O) groups excluding carboxylic acids is 1. The minimum atomic E-state index is -4.56. The van der Waals surface area contributed by atoms with Crippen LogP contribution >= 0.6 is 0 Å². The van der Waals surface area contributed by atoms with E-state index in [9.17, 15) is 22.9 Å². The summed E-state index contributed by atoms with van der Waals surface area (Å²) in [5.74, 6) is -2.88. The van der Waals surface area contributed by atoms with Gasteiger partial charge in [-0.3, -0.25) is 0 Å². The van der Waals surface area contributed by atoms with Crippen molar-refractivity contribution in [3.05, 3.63) is 0 Å². The minimum absolute atomic E-state index is 0. The first-order chi connectivity index (χ1) is 4.33. The van der Waals surface area contributed by atoms with E-state index in [1.165, 1.54) is 0 Å². The van der Waals surface area contributed by atoms with Crippen molar-refractivity contribution in [2.45, 2.75) is 6.04 Å². The predicted molar refractivity (Wildman–Crippen MR) is 27.5 cm³/mol. The maximum Gasteiger partial charge on any atom is 2.00 e. The Bertz CT molecular complexity index is 224. The molecule has 11 heavy (non-hydrogen) atoms. The molecule has 0 saturated heterocycles. The summed E-state index contributed by atoms with van der Waals surface area (Å²) in [4.78, 5) is 9.74. The van der Waals surface area contributed by atoms with Gasteiger partial charge in [-0.15, -0.1) is 0 Å². The molecule has 0 saturated carbocycles. The Morgan fingerprint density at radius 3 is 2.00 bits per heavy atom. The maximum absolute atomic E-state index is 9.82. The second kappa shape index (κ2) is 4.76. The van der Waals surface area contributed by atoms with Gasteiger partial charge in [-0.1, -0.05) is 0 Å². The van der Waals surface area contributed by atoms with E-state index >= 15 is 0 Å². The van der Waals surface area contributed by atoms with Gasteiger partial charge in [-0.25, -0.2) is 8.42 Å². The molecule has 0 amide bonds. The van der Waals surface area contributed by atoms with Crippen LogP contribution in [0.3, 0.4) is 0 Å². The number of aliphatic carboxylic acids is 1. The number of carboxylic acids is 1. The van der Waals surface area contributed by atoms with E-state index in [-0.39, 0.29) is 19.5 Å². The van der Waals surface area contributed by atoms with Crippen molar-refractivity contribution in [2.75, 3.05) is 5.75 Å². The van der Waals surface area contributed by atoms with Crippen molar-refractivity contribution in [1.82, 2.24) is 0 Å². The van der Waals surface area contributed by atoms with Crippen LogP contribution in [0.25, 0.3) is 0 Å². The Balaban J connectivity index is 0. The van der Waals surface area contributed by atoms with Crippen LogP contribution in [0, 0.1) is 0 Å². The van der Waals surface area contributed by atoms with Crippen LogP contribution in [0.2, 0.25) is 0 Å². The molecule has 0 aromatic heterocycles. The maximum atomic E-state index is 9.82. The van der Waals surface area contributed by atoms with Crippen molar-refractivity contribution in [3.63, 3.8) is 0 Å². The van der Waals surface area contributed by atoms with Gasteiger partial charge >= 0.3 is 19.5 Å². The van der Waals surface area contributed by atoms with E-state index in [1.54, 1.807) is 0 Å². The SMILES string of the molecule is N[C@H](CS(=O)(=O)[O-])C(=O)[O-].[Zn+2]. The summed E-state index contributed by atoms with van der Waals surface area (Å²) in [6.07, 6.45) is 0. The van der Waals surface area contributed by atoms with Gasteiger partial charge in [0.15, 0.2) is 0 Å². The van der Waals surface area contributed by atoms with E-state index in [4.69, 9.17) is 0 Å². The molecule has 0 rings (SSSR count). The quantitative estimate of drug-likeness (QED) is 0.400. The van der Waals surface area contributed by atoms with Gasteiger partial charge in [0, 0.05) is 0 Å². The third-order valence-corrected chi connectivity index (χ3v) is 1.45. The fourth-order valence-corrected chi connectivity index (χ4v) is 0.864. The smallest absolute Gasteiger partial charge is 0.748 e. The number of carboxylic acid groups (broad SMARTS) is 1. The van der Waals surface area contributed by atoms with Crippen LogP contribution in [0.5, 0.6) is 0 Å². The summed E-state index contributed by atoms with van der Waals surface area (Å²) in [5, 5.41) is 9.74. The molecule has 0 spiro atoms. The Kier molecular flexibility index (Phi) is 5.87. The number of rotatable bonds is 3. The number of hydrogen-bond donors (Lipinski definition) is 1. The zero-order valence-corrected chi connectivity index (χ0v) is 9.30. The van der Waals surface area contributed by atoms with Gasteiger partial charge in [0.2, 0.25) is 0 Å². The Hall–Kier alpha value is -0.0366. The summed E-state index contributed by atoms with van der Waals surface area (Å²) in [7, 11) is -4.56. The molecule has 0 aliphatic heterocycles. The van der Waals surface area contributed by atoms with Gasteiger partial charge in [0.25, 0.3) is 0 Å². The van der Waals surface area contributed by atoms with Gasteiger partial charge in [0.1, 0.15) is 0 Å². The monoisotopic (exact) mass is 231 g/mol. The largest absolute Gasteiger partial charge is 2.00 e. The minimum Gasteiger partial charge on any atom is -0.748 e. The van der Waals surface area contributed by atoms with Crippen LogP contribution in [0.1, 0.15) is 0 Å². The fourth-order valence-electron chi connectivity index (χ4n) is 0.288. The van der Waals surface area contributed by atoms with E-state index in [2.05, 4.69) is 5.73 Å². The second-order valence-electron chi connectivity index (χ2n) is 1.65. The first kappa shape index (κ1) is 13.5. The average molecular weight is 233 g/mol. The van der Waals surface area contributed by atoms with Crippen molar-refractivity contribution in [2.24, 2.45) is 5.73 Å². The molecule has 0 aromatic rings. The Labute approximate surface area is 76.3 Å². The van der Waals surface area contributed by atoms with Gasteiger partial charge in [-0.05, 0) is 0 Å². The molecule has 0 bridgehead atoms. The summed E-state index contributed by atoms with van der Waals surface area (Å²) in [6.45, 7) is 0. The topological polar surface area (TPSA) is 123 Å². The summed E-state index contributed by atoms with van der Waals surface area (Å²) >= 11 is 0. The van der Waals surface area contributed by atoms with Crippen molar-refractivity contribution < 1.29 is 42.3 Å². The van der Waals surface area contributed by atoms with Crippen LogP contribution in [-0.4, -0.2) is 30.7 Å². The van der Waals surface area contributed by atoms with E-state index in [0.29, 0.717) is 0 Å². The molecule has 2 N–H and O–H groups in total. The first-order valence-electron chi connectivity index (χ1n) is 2.23. The normalized spacial score (nSPS) is 13.3. The second-order valence-corrected chi connectivity index (χ2v) is 3.10. The van der Waals surface area contributed by atoms with Crippen molar-refractivity contribution in [3.8, 4) is 0 Å². The van der Waals surface area contributed by atoms with Crippen LogP contribution in [0.4, 0.5) is 0 Å². The van der Waals surface area contributed by atoms with Gasteiger partial charge in [0.05, 0.1) is 27.9 Å². The molecule has 6 nitrogen and oxygen atoms in total. The van der Waals surface area contributed by atoms with Crippen LogP contribution in [0.15, 0.2) is 0 Å². The standard InChI is InChI=1S/C3H7NO5S.Zn/c4-2(3(5)6)1-10(7,8)9;/h2H,1,4H2,(H,5,6)(H,7,8,9);/q;+2/p-2/t2-;/m1./s1. The molecule has 0 aliphatic rings. The van der Waals surface area contributed by atoms with Crippen LogP contribution in [-0.2, 0) is 34.4 Å². The van der Waals surface area contributed by atoms with Gasteiger partial charge < -0.3 is 20.2 Å². The summed E-state index contributed by atoms with van der Waals surface area (Å²) < 4.78 is 29.5. The molecule has 8 heteroatoms. The molecule has 0 radical (unpaired) electrons. The molecule has 0 fully saturated rings. The summed E-state index contributed by atoms with van der Waals surface area (Å²) in [5.41, 5.74) is 4.66. The number of carbonyl (C=O) groups is 1. The molecule has 60 valence electrons. The Morgan fingerprint density at radius 1 is 1.55 bits per heavy atom. The third-order valence-electron chi connectivity index (χ3n) is 0.686. The molecule has 1 atom stereocenters. The molecule has 0 aliphatic carbocycles.